The van der Waals surface area contributed by atoms with Crippen molar-refractivity contribution < 1.29 is 18.0 Å². The first-order valence-electron chi connectivity index (χ1n) is 5.51. The molecule has 0 radical (unpaired) electrons. The van der Waals surface area contributed by atoms with Gasteiger partial charge in [-0.2, -0.15) is 13.2 Å². The molecule has 0 saturated heterocycles. The molecular formula is C12H15F3N2O. The fourth-order valence-corrected chi connectivity index (χ4v) is 1.43. The maximum Gasteiger partial charge on any atom is 0.416 e. The zero-order valence-electron chi connectivity index (χ0n) is 9.97. The van der Waals surface area contributed by atoms with Crippen LogP contribution in [0.5, 0.6) is 0 Å². The van der Waals surface area contributed by atoms with Gasteiger partial charge in [0, 0.05) is 13.1 Å². The third-order valence-electron chi connectivity index (χ3n) is 2.32. The molecule has 3 nitrogen and oxygen atoms in total. The van der Waals surface area contributed by atoms with Gasteiger partial charge in [-0.15, -0.1) is 0 Å². The number of benzene rings is 1. The molecule has 0 heterocycles. The summed E-state index contributed by atoms with van der Waals surface area (Å²) in [7, 11) is 1.75. The third kappa shape index (κ3) is 4.75. The van der Waals surface area contributed by atoms with Gasteiger partial charge in [0.1, 0.15) is 0 Å². The van der Waals surface area contributed by atoms with Gasteiger partial charge in [0.25, 0.3) is 0 Å². The Labute approximate surface area is 103 Å². The van der Waals surface area contributed by atoms with E-state index < -0.39 is 11.7 Å². The van der Waals surface area contributed by atoms with Gasteiger partial charge in [0.2, 0.25) is 5.91 Å². The summed E-state index contributed by atoms with van der Waals surface area (Å²) in [5.41, 5.74) is -0.380. The Morgan fingerprint density at radius 3 is 2.61 bits per heavy atom. The minimum Gasteiger partial charge on any atom is -0.355 e. The predicted molar refractivity (Wildman–Crippen MR) is 62.1 cm³/mol. The molecule has 0 fully saturated rings. The van der Waals surface area contributed by atoms with E-state index in [-0.39, 0.29) is 12.3 Å². The molecule has 0 unspecified atom stereocenters. The normalized spacial score (nSPS) is 11.3. The maximum atomic E-state index is 12.4. The largest absolute Gasteiger partial charge is 0.416 e. The summed E-state index contributed by atoms with van der Waals surface area (Å²) in [4.78, 5) is 11.4. The summed E-state index contributed by atoms with van der Waals surface area (Å²) in [6, 6.07) is 4.80. The van der Waals surface area contributed by atoms with Crippen LogP contribution in [-0.2, 0) is 17.4 Å². The number of rotatable bonds is 5. The van der Waals surface area contributed by atoms with Crippen LogP contribution >= 0.6 is 0 Å². The van der Waals surface area contributed by atoms with E-state index in [9.17, 15) is 18.0 Å². The van der Waals surface area contributed by atoms with Gasteiger partial charge >= 0.3 is 6.18 Å². The molecule has 18 heavy (non-hydrogen) atoms. The minimum atomic E-state index is -4.38. The zero-order chi connectivity index (χ0) is 13.6. The van der Waals surface area contributed by atoms with Crippen LogP contribution in [-0.4, -0.2) is 26.0 Å². The van der Waals surface area contributed by atoms with E-state index in [1.807, 2.05) is 0 Å². The summed E-state index contributed by atoms with van der Waals surface area (Å²) in [5.74, 6) is -0.287. The van der Waals surface area contributed by atoms with Crippen molar-refractivity contribution >= 4 is 5.91 Å². The molecular weight excluding hydrogens is 245 g/mol. The predicted octanol–water partition coefficient (Wildman–Crippen LogP) is 1.58. The molecule has 2 N–H and O–H groups in total. The summed E-state index contributed by atoms with van der Waals surface area (Å²) >= 11 is 0. The van der Waals surface area contributed by atoms with E-state index in [1.54, 1.807) is 7.05 Å². The van der Waals surface area contributed by atoms with E-state index >= 15 is 0 Å². The van der Waals surface area contributed by atoms with E-state index in [0.717, 1.165) is 12.1 Å². The average Bonchev–Trinajstić information content (AvgIpc) is 2.28. The van der Waals surface area contributed by atoms with Gasteiger partial charge in [0.05, 0.1) is 12.0 Å². The molecule has 0 saturated carbocycles. The lowest BCUT2D eigenvalue weighted by atomic mass is 10.1. The van der Waals surface area contributed by atoms with Gasteiger partial charge in [-0.05, 0) is 18.7 Å². The van der Waals surface area contributed by atoms with E-state index in [2.05, 4.69) is 10.6 Å². The molecule has 0 atom stereocenters. The van der Waals surface area contributed by atoms with Crippen LogP contribution < -0.4 is 10.6 Å². The molecule has 0 aliphatic rings. The van der Waals surface area contributed by atoms with Gasteiger partial charge in [0.15, 0.2) is 0 Å². The van der Waals surface area contributed by atoms with Crippen LogP contribution in [0.3, 0.4) is 0 Å². The first-order chi connectivity index (χ1) is 8.43. The fourth-order valence-electron chi connectivity index (χ4n) is 1.43. The number of halogens is 3. The second-order valence-electron chi connectivity index (χ2n) is 3.83. The quantitative estimate of drug-likeness (QED) is 0.789. The Balaban J connectivity index is 2.60. The SMILES string of the molecule is CNCCNC(=O)Cc1cccc(C(F)(F)F)c1. The number of carbonyl (C=O) groups is 1. The van der Waals surface area contributed by atoms with Crippen LogP contribution in [0.15, 0.2) is 24.3 Å². The van der Waals surface area contributed by atoms with Gasteiger partial charge < -0.3 is 10.6 Å². The molecule has 1 aromatic carbocycles. The molecule has 0 bridgehead atoms. The summed E-state index contributed by atoms with van der Waals surface area (Å²) in [6.07, 6.45) is -4.42. The highest BCUT2D eigenvalue weighted by Crippen LogP contribution is 2.29. The highest BCUT2D eigenvalue weighted by atomic mass is 19.4. The van der Waals surface area contributed by atoms with Gasteiger partial charge in [-0.3, -0.25) is 4.79 Å². The van der Waals surface area contributed by atoms with Crippen LogP contribution in [0.4, 0.5) is 13.2 Å². The van der Waals surface area contributed by atoms with Crippen molar-refractivity contribution in [2.45, 2.75) is 12.6 Å². The summed E-state index contributed by atoms with van der Waals surface area (Å²) in [5, 5.41) is 5.46. The highest BCUT2D eigenvalue weighted by Gasteiger charge is 2.30. The van der Waals surface area contributed by atoms with Crippen molar-refractivity contribution in [3.8, 4) is 0 Å². The monoisotopic (exact) mass is 260 g/mol. The first-order valence-corrected chi connectivity index (χ1v) is 5.51. The zero-order valence-corrected chi connectivity index (χ0v) is 9.97. The standard InChI is InChI=1S/C12H15F3N2O/c1-16-5-6-17-11(18)8-9-3-2-4-10(7-9)12(13,14)15/h2-4,7,16H,5-6,8H2,1H3,(H,17,18). The number of amides is 1. The number of carbonyl (C=O) groups excluding carboxylic acids is 1. The Morgan fingerprint density at radius 1 is 1.28 bits per heavy atom. The number of alkyl halides is 3. The highest BCUT2D eigenvalue weighted by molar-refractivity contribution is 5.78. The lowest BCUT2D eigenvalue weighted by molar-refractivity contribution is -0.137. The number of likely N-dealkylation sites (N-methyl/N-ethyl adjacent to an activating group) is 1. The van der Waals surface area contributed by atoms with Crippen molar-refractivity contribution in [1.29, 1.82) is 0 Å². The third-order valence-corrected chi connectivity index (χ3v) is 2.32. The smallest absolute Gasteiger partial charge is 0.355 e. The molecule has 0 spiro atoms. The molecule has 0 aromatic heterocycles. The number of hydrogen-bond acceptors (Lipinski definition) is 2. The van der Waals surface area contributed by atoms with Crippen LogP contribution in [0.2, 0.25) is 0 Å². The van der Waals surface area contributed by atoms with Gasteiger partial charge in [-0.25, -0.2) is 0 Å². The second kappa shape index (κ2) is 6.39. The van der Waals surface area contributed by atoms with Crippen molar-refractivity contribution in [2.24, 2.45) is 0 Å². The van der Waals surface area contributed by atoms with Crippen molar-refractivity contribution in [3.05, 3.63) is 35.4 Å². The minimum absolute atomic E-state index is 0.0480. The van der Waals surface area contributed by atoms with Crippen LogP contribution in [0.25, 0.3) is 0 Å². The maximum absolute atomic E-state index is 12.4. The molecule has 0 aliphatic carbocycles. The lowest BCUT2D eigenvalue weighted by Crippen LogP contribution is -2.31. The van der Waals surface area contributed by atoms with Crippen LogP contribution in [0, 0.1) is 0 Å². The first kappa shape index (κ1) is 14.5. The van der Waals surface area contributed by atoms with E-state index in [4.69, 9.17) is 0 Å². The van der Waals surface area contributed by atoms with Crippen molar-refractivity contribution in [1.82, 2.24) is 10.6 Å². The van der Waals surface area contributed by atoms with Crippen molar-refractivity contribution in [2.75, 3.05) is 20.1 Å². The van der Waals surface area contributed by atoms with Crippen molar-refractivity contribution in [3.63, 3.8) is 0 Å². The van der Waals surface area contributed by atoms with E-state index in [1.165, 1.54) is 12.1 Å². The topological polar surface area (TPSA) is 41.1 Å². The number of nitrogens with one attached hydrogen (secondary N) is 2. The molecule has 1 aromatic rings. The Morgan fingerprint density at radius 2 is 2.00 bits per heavy atom. The molecule has 6 heteroatoms. The van der Waals surface area contributed by atoms with Gasteiger partial charge in [-0.1, -0.05) is 18.2 Å². The molecule has 1 rings (SSSR count). The number of hydrogen-bond donors (Lipinski definition) is 2. The molecule has 1 amide bonds. The average molecular weight is 260 g/mol. The second-order valence-corrected chi connectivity index (χ2v) is 3.83. The van der Waals surface area contributed by atoms with E-state index in [0.29, 0.717) is 18.7 Å². The molecule has 100 valence electrons. The Bertz CT molecular complexity index is 405. The van der Waals surface area contributed by atoms with Crippen LogP contribution in [0.1, 0.15) is 11.1 Å². The molecule has 0 aliphatic heterocycles. The Kier molecular flexibility index (Phi) is 5.15. The lowest BCUT2D eigenvalue weighted by Gasteiger charge is -2.09. The summed E-state index contributed by atoms with van der Waals surface area (Å²) in [6.45, 7) is 1.07. The Hall–Kier alpha value is -1.56. The summed E-state index contributed by atoms with van der Waals surface area (Å²) < 4.78 is 37.3. The fraction of sp³-hybridized carbons (Fsp3) is 0.417.